The zero-order valence-electron chi connectivity index (χ0n) is 10.2. The highest BCUT2D eigenvalue weighted by Crippen LogP contribution is 2.08. The van der Waals surface area contributed by atoms with Crippen LogP contribution in [0.15, 0.2) is 35.3 Å². The highest BCUT2D eigenvalue weighted by molar-refractivity contribution is 5.74. The molecule has 0 aliphatic carbocycles. The van der Waals surface area contributed by atoms with Gasteiger partial charge in [0.1, 0.15) is 5.65 Å². The van der Waals surface area contributed by atoms with E-state index in [1.165, 1.54) is 0 Å². The molecule has 3 rings (SSSR count). The summed E-state index contributed by atoms with van der Waals surface area (Å²) in [4.78, 5) is 16.2. The van der Waals surface area contributed by atoms with E-state index < -0.39 is 0 Å². The number of hydrogen-bond acceptors (Lipinski definition) is 5. The van der Waals surface area contributed by atoms with Gasteiger partial charge in [0.15, 0.2) is 5.82 Å². The number of fused-ring (bicyclic) bond motifs is 1. The van der Waals surface area contributed by atoms with Crippen LogP contribution in [0.1, 0.15) is 12.2 Å². The first-order valence-electron chi connectivity index (χ1n) is 6.01. The molecule has 0 radical (unpaired) electrons. The molecule has 0 atom stereocenters. The smallest absolute Gasteiger partial charge is 0.252 e. The SMILES string of the molecule is O=c1ccc2cccnc2n1CCCc1nn[nH]n1. The standard InChI is InChI=1S/C12H12N6O/c19-11-6-5-9-3-1-7-13-12(9)18(11)8-2-4-10-14-16-17-15-10/h1,3,5-7H,2,4,8H2,(H,14,15,16,17). The van der Waals surface area contributed by atoms with Gasteiger partial charge in [0.25, 0.3) is 5.56 Å². The first-order chi connectivity index (χ1) is 9.34. The van der Waals surface area contributed by atoms with Crippen LogP contribution in [0.3, 0.4) is 0 Å². The Bertz CT molecular complexity index is 733. The van der Waals surface area contributed by atoms with Gasteiger partial charge in [0.05, 0.1) is 0 Å². The van der Waals surface area contributed by atoms with Crippen molar-refractivity contribution in [3.8, 4) is 0 Å². The molecule has 0 aliphatic rings. The van der Waals surface area contributed by atoms with E-state index >= 15 is 0 Å². The second-order valence-corrected chi connectivity index (χ2v) is 4.17. The number of nitrogens with zero attached hydrogens (tertiary/aromatic N) is 5. The Hall–Kier alpha value is -2.57. The van der Waals surface area contributed by atoms with Crippen LogP contribution in [0.25, 0.3) is 11.0 Å². The maximum atomic E-state index is 11.9. The van der Waals surface area contributed by atoms with E-state index in [1.807, 2.05) is 12.1 Å². The summed E-state index contributed by atoms with van der Waals surface area (Å²) in [5.41, 5.74) is 0.669. The van der Waals surface area contributed by atoms with Gasteiger partial charge in [-0.25, -0.2) is 4.98 Å². The van der Waals surface area contributed by atoms with E-state index in [2.05, 4.69) is 25.6 Å². The van der Waals surface area contributed by atoms with Crippen molar-refractivity contribution in [1.82, 2.24) is 30.2 Å². The van der Waals surface area contributed by atoms with Crippen molar-refractivity contribution < 1.29 is 0 Å². The number of aromatic amines is 1. The predicted octanol–water partition coefficient (Wildman–Crippen LogP) is 0.542. The molecule has 19 heavy (non-hydrogen) atoms. The minimum atomic E-state index is -0.0423. The average Bonchev–Trinajstić information content (AvgIpc) is 2.94. The van der Waals surface area contributed by atoms with E-state index in [4.69, 9.17) is 0 Å². The molecule has 7 heteroatoms. The van der Waals surface area contributed by atoms with Gasteiger partial charge in [-0.3, -0.25) is 9.36 Å². The molecule has 7 nitrogen and oxygen atoms in total. The fraction of sp³-hybridized carbons (Fsp3) is 0.250. The number of tetrazole rings is 1. The summed E-state index contributed by atoms with van der Waals surface area (Å²) < 4.78 is 1.68. The van der Waals surface area contributed by atoms with E-state index in [-0.39, 0.29) is 5.56 Å². The second kappa shape index (κ2) is 4.97. The topological polar surface area (TPSA) is 89.4 Å². The van der Waals surface area contributed by atoms with Gasteiger partial charge in [-0.05, 0) is 24.6 Å². The molecule has 0 fully saturated rings. The normalized spacial score (nSPS) is 10.9. The van der Waals surface area contributed by atoms with Crippen LogP contribution in [0, 0.1) is 0 Å². The molecule has 0 amide bonds. The molecular weight excluding hydrogens is 244 g/mol. The van der Waals surface area contributed by atoms with Crippen molar-refractivity contribution in [2.75, 3.05) is 0 Å². The molecule has 0 spiro atoms. The molecule has 0 saturated carbocycles. The summed E-state index contributed by atoms with van der Waals surface area (Å²) >= 11 is 0. The van der Waals surface area contributed by atoms with Crippen LogP contribution in [0.2, 0.25) is 0 Å². The van der Waals surface area contributed by atoms with E-state index in [0.717, 1.165) is 11.8 Å². The van der Waals surface area contributed by atoms with Crippen molar-refractivity contribution in [2.45, 2.75) is 19.4 Å². The zero-order valence-corrected chi connectivity index (χ0v) is 10.2. The first kappa shape index (κ1) is 11.5. The average molecular weight is 256 g/mol. The molecule has 0 unspecified atom stereocenters. The van der Waals surface area contributed by atoms with Gasteiger partial charge in [0, 0.05) is 30.6 Å². The predicted molar refractivity (Wildman–Crippen MR) is 68.5 cm³/mol. The number of aromatic nitrogens is 6. The molecule has 96 valence electrons. The highest BCUT2D eigenvalue weighted by atomic mass is 16.1. The van der Waals surface area contributed by atoms with Crippen molar-refractivity contribution in [1.29, 1.82) is 0 Å². The van der Waals surface area contributed by atoms with E-state index in [0.29, 0.717) is 24.4 Å². The van der Waals surface area contributed by atoms with Crippen molar-refractivity contribution in [2.24, 2.45) is 0 Å². The summed E-state index contributed by atoms with van der Waals surface area (Å²) in [6.07, 6.45) is 3.12. The van der Waals surface area contributed by atoms with Crippen LogP contribution in [0.5, 0.6) is 0 Å². The Balaban J connectivity index is 1.84. The fourth-order valence-corrected chi connectivity index (χ4v) is 2.02. The molecule has 1 N–H and O–H groups in total. The maximum absolute atomic E-state index is 11.9. The van der Waals surface area contributed by atoms with Gasteiger partial charge in [0.2, 0.25) is 0 Å². The largest absolute Gasteiger partial charge is 0.293 e. The Morgan fingerprint density at radius 1 is 1.26 bits per heavy atom. The van der Waals surface area contributed by atoms with Gasteiger partial charge >= 0.3 is 0 Å². The Morgan fingerprint density at radius 3 is 3.05 bits per heavy atom. The number of H-pyrrole nitrogens is 1. The maximum Gasteiger partial charge on any atom is 0.252 e. The van der Waals surface area contributed by atoms with Crippen molar-refractivity contribution in [3.05, 3.63) is 46.6 Å². The molecule has 0 bridgehead atoms. The third kappa shape index (κ3) is 2.35. The number of aryl methyl sites for hydroxylation is 2. The van der Waals surface area contributed by atoms with Gasteiger partial charge < -0.3 is 0 Å². The zero-order chi connectivity index (χ0) is 13.1. The first-order valence-corrected chi connectivity index (χ1v) is 6.01. The molecular formula is C12H12N6O. The highest BCUT2D eigenvalue weighted by Gasteiger charge is 2.04. The van der Waals surface area contributed by atoms with Crippen LogP contribution >= 0.6 is 0 Å². The number of hydrogen-bond donors (Lipinski definition) is 1. The van der Waals surface area contributed by atoms with Crippen LogP contribution in [0.4, 0.5) is 0 Å². The van der Waals surface area contributed by atoms with Gasteiger partial charge in [-0.1, -0.05) is 5.21 Å². The third-order valence-electron chi connectivity index (χ3n) is 2.92. The summed E-state index contributed by atoms with van der Waals surface area (Å²) in [5.74, 6) is 0.654. The summed E-state index contributed by atoms with van der Waals surface area (Å²) in [7, 11) is 0. The Labute approximate surface area is 108 Å². The quantitative estimate of drug-likeness (QED) is 0.736. The number of pyridine rings is 2. The van der Waals surface area contributed by atoms with Crippen molar-refractivity contribution in [3.63, 3.8) is 0 Å². The fourth-order valence-electron chi connectivity index (χ4n) is 2.02. The molecule has 0 aromatic carbocycles. The van der Waals surface area contributed by atoms with Gasteiger partial charge in [-0.15, -0.1) is 10.2 Å². The van der Waals surface area contributed by atoms with Crippen LogP contribution in [-0.2, 0) is 13.0 Å². The van der Waals surface area contributed by atoms with Crippen molar-refractivity contribution >= 4 is 11.0 Å². The second-order valence-electron chi connectivity index (χ2n) is 4.17. The van der Waals surface area contributed by atoms with Crippen LogP contribution in [-0.4, -0.2) is 30.2 Å². The summed E-state index contributed by atoms with van der Waals surface area (Å²) in [6.45, 7) is 0.585. The molecule has 3 heterocycles. The lowest BCUT2D eigenvalue weighted by molar-refractivity contribution is 0.625. The minimum Gasteiger partial charge on any atom is -0.293 e. The minimum absolute atomic E-state index is 0.0423. The lowest BCUT2D eigenvalue weighted by atomic mass is 10.2. The molecule has 3 aromatic rings. The third-order valence-corrected chi connectivity index (χ3v) is 2.92. The summed E-state index contributed by atoms with van der Waals surface area (Å²) in [5, 5.41) is 14.6. The Morgan fingerprint density at radius 2 is 2.21 bits per heavy atom. The number of rotatable bonds is 4. The summed E-state index contributed by atoms with van der Waals surface area (Å²) in [6, 6.07) is 7.16. The van der Waals surface area contributed by atoms with Crippen LogP contribution < -0.4 is 5.56 Å². The van der Waals surface area contributed by atoms with E-state index in [9.17, 15) is 4.79 Å². The monoisotopic (exact) mass is 256 g/mol. The number of nitrogens with one attached hydrogen (secondary N) is 1. The van der Waals surface area contributed by atoms with Gasteiger partial charge in [-0.2, -0.15) is 5.21 Å². The Kier molecular flexibility index (Phi) is 3.01. The molecule has 3 aromatic heterocycles. The lowest BCUT2D eigenvalue weighted by Crippen LogP contribution is -2.20. The molecule has 0 aliphatic heterocycles. The van der Waals surface area contributed by atoms with E-state index in [1.54, 1.807) is 22.9 Å². The lowest BCUT2D eigenvalue weighted by Gasteiger charge is -2.07. The molecule has 0 saturated heterocycles.